The van der Waals surface area contributed by atoms with E-state index in [0.717, 1.165) is 5.52 Å². The molecule has 0 saturated carbocycles. The van der Waals surface area contributed by atoms with E-state index in [0.29, 0.717) is 16.1 Å². The highest BCUT2D eigenvalue weighted by Gasteiger charge is 2.41. The fourth-order valence-electron chi connectivity index (χ4n) is 2.05. The molecule has 0 aliphatic heterocycles. The Morgan fingerprint density at radius 1 is 1.46 bits per heavy atom. The maximum absolute atomic E-state index is 12.6. The van der Waals surface area contributed by atoms with Crippen LogP contribution in [-0.4, -0.2) is 41.2 Å². The zero-order chi connectivity index (χ0) is 17.9. The molecule has 1 amide bonds. The van der Waals surface area contributed by atoms with Gasteiger partial charge in [-0.15, -0.1) is 0 Å². The Morgan fingerprint density at radius 2 is 2.17 bits per heavy atom. The lowest BCUT2D eigenvalue weighted by Gasteiger charge is -2.14. The first-order valence-electron chi connectivity index (χ1n) is 6.83. The number of hydrogen-bond donors (Lipinski definition) is 1. The third kappa shape index (κ3) is 4.15. The quantitative estimate of drug-likeness (QED) is 0.766. The zero-order valence-corrected chi connectivity index (χ0v) is 13.3. The molecule has 0 aliphatic carbocycles. The Morgan fingerprint density at radius 3 is 2.83 bits per heavy atom. The summed E-state index contributed by atoms with van der Waals surface area (Å²) in [5.74, 6) is -5.02. The molecule has 1 heterocycles. The second-order valence-electron chi connectivity index (χ2n) is 5.04. The van der Waals surface area contributed by atoms with Gasteiger partial charge in [-0.05, 0) is 12.1 Å². The molecule has 1 N–H and O–H groups in total. The van der Waals surface area contributed by atoms with E-state index in [-0.39, 0.29) is 6.54 Å². The highest BCUT2D eigenvalue weighted by atomic mass is 35.5. The summed E-state index contributed by atoms with van der Waals surface area (Å²) in [5, 5.41) is 7.75. The maximum Gasteiger partial charge on any atom is 0.330 e. The minimum atomic E-state index is -4.29. The predicted molar refractivity (Wildman–Crippen MR) is 79.3 cm³/mol. The summed E-state index contributed by atoms with van der Waals surface area (Å²) >= 11 is 6.11. The fourth-order valence-corrected chi connectivity index (χ4v) is 2.33. The van der Waals surface area contributed by atoms with Crippen molar-refractivity contribution in [3.8, 4) is 0 Å². The first kappa shape index (κ1) is 18.5. The first-order valence-corrected chi connectivity index (χ1v) is 7.20. The minimum Gasteiger partial charge on any atom is -0.365 e. The Kier molecular flexibility index (Phi) is 5.66. The number of carbonyl (C=O) groups excluding carboxylic acids is 1. The van der Waals surface area contributed by atoms with Crippen LogP contribution in [0, 0.1) is 0 Å². The lowest BCUT2D eigenvalue weighted by Crippen LogP contribution is -2.35. The number of fused-ring (bicyclic) bond motifs is 1. The number of halogens is 5. The van der Waals surface area contributed by atoms with Crippen molar-refractivity contribution in [1.82, 2.24) is 15.1 Å². The number of benzene rings is 1. The van der Waals surface area contributed by atoms with Crippen LogP contribution in [0.5, 0.6) is 0 Å². The number of nitrogens with zero attached hydrogens (tertiary/aromatic N) is 2. The lowest BCUT2D eigenvalue weighted by molar-refractivity contribution is -0.168. The van der Waals surface area contributed by atoms with E-state index in [9.17, 15) is 22.4 Å². The average molecular weight is 368 g/mol. The van der Waals surface area contributed by atoms with Gasteiger partial charge in [-0.2, -0.15) is 13.9 Å². The van der Waals surface area contributed by atoms with Crippen molar-refractivity contribution < 1.29 is 27.1 Å². The van der Waals surface area contributed by atoms with Crippen molar-refractivity contribution in [1.29, 1.82) is 0 Å². The number of amides is 1. The normalized spacial score (nSPS) is 12.1. The summed E-state index contributed by atoms with van der Waals surface area (Å²) < 4.78 is 55.1. The number of ether oxygens (including phenoxy) is 1. The minimum absolute atomic E-state index is 0.00545. The van der Waals surface area contributed by atoms with Crippen LogP contribution in [0.2, 0.25) is 5.02 Å². The van der Waals surface area contributed by atoms with Crippen molar-refractivity contribution in [3.63, 3.8) is 0 Å². The second kappa shape index (κ2) is 7.35. The average Bonchev–Trinajstić information content (AvgIpc) is 2.83. The number of aromatic nitrogens is 2. The number of nitrogens with one attached hydrogen (secondary N) is 1. The highest BCUT2D eigenvalue weighted by molar-refractivity contribution is 6.35. The maximum atomic E-state index is 12.6. The van der Waals surface area contributed by atoms with Crippen LogP contribution < -0.4 is 5.32 Å². The molecular weight excluding hydrogens is 354 g/mol. The first-order chi connectivity index (χ1) is 11.2. The van der Waals surface area contributed by atoms with Gasteiger partial charge in [0.25, 0.3) is 0 Å². The van der Waals surface area contributed by atoms with E-state index in [1.165, 1.54) is 0 Å². The molecule has 2 rings (SSSR count). The van der Waals surface area contributed by atoms with Crippen molar-refractivity contribution in [2.75, 3.05) is 13.2 Å². The summed E-state index contributed by atoms with van der Waals surface area (Å²) in [6.07, 6.45) is -3.84. The van der Waals surface area contributed by atoms with Crippen LogP contribution in [0.1, 0.15) is 5.69 Å². The van der Waals surface area contributed by atoms with Gasteiger partial charge >= 0.3 is 12.3 Å². The molecule has 5 nitrogen and oxygen atoms in total. The molecule has 2 aromatic rings. The molecular formula is C14H14ClF4N3O2. The molecule has 0 bridgehead atoms. The molecule has 0 fully saturated rings. The number of alkyl halides is 4. The van der Waals surface area contributed by atoms with Gasteiger partial charge in [-0.1, -0.05) is 17.7 Å². The van der Waals surface area contributed by atoms with E-state index in [2.05, 4.69) is 15.2 Å². The van der Waals surface area contributed by atoms with Gasteiger partial charge in [0.05, 0.1) is 22.8 Å². The van der Waals surface area contributed by atoms with Gasteiger partial charge in [0.2, 0.25) is 5.91 Å². The van der Waals surface area contributed by atoms with Crippen LogP contribution >= 0.6 is 11.6 Å². The van der Waals surface area contributed by atoms with Crippen LogP contribution in [0.25, 0.3) is 10.9 Å². The van der Waals surface area contributed by atoms with E-state index >= 15 is 0 Å². The predicted octanol–water partition coefficient (Wildman–Crippen LogP) is 2.76. The summed E-state index contributed by atoms with van der Waals surface area (Å²) in [4.78, 5) is 11.6. The highest BCUT2D eigenvalue weighted by Crippen LogP contribution is 2.26. The van der Waals surface area contributed by atoms with Gasteiger partial charge in [0.15, 0.2) is 0 Å². The summed E-state index contributed by atoms with van der Waals surface area (Å²) in [6.45, 7) is -2.30. The fraction of sp³-hybridized carbons (Fsp3) is 0.429. The molecule has 0 atom stereocenters. The van der Waals surface area contributed by atoms with Crippen LogP contribution in [0.3, 0.4) is 0 Å². The van der Waals surface area contributed by atoms with Crippen LogP contribution in [0.4, 0.5) is 17.6 Å². The smallest absolute Gasteiger partial charge is 0.330 e. The molecule has 10 heteroatoms. The molecule has 0 spiro atoms. The van der Waals surface area contributed by atoms with Gasteiger partial charge in [-0.25, -0.2) is 8.78 Å². The Labute approximate surface area is 139 Å². The standard InChI is InChI=1S/C14H14ClF4N3O2/c1-22-10-4-2-3-8(15)12(10)9(21-22)5-20-11(23)6-24-7-14(18,19)13(16)17/h2-4,13H,5-7H2,1H3,(H,20,23). The van der Waals surface area contributed by atoms with Crippen LogP contribution in [0.15, 0.2) is 18.2 Å². The Bertz CT molecular complexity index is 736. The Balaban J connectivity index is 1.91. The summed E-state index contributed by atoms with van der Waals surface area (Å²) in [5.41, 5.74) is 1.25. The molecule has 24 heavy (non-hydrogen) atoms. The zero-order valence-electron chi connectivity index (χ0n) is 12.5. The van der Waals surface area contributed by atoms with Crippen molar-refractivity contribution >= 4 is 28.4 Å². The number of hydrogen-bond acceptors (Lipinski definition) is 3. The molecule has 0 aliphatic rings. The molecule has 0 unspecified atom stereocenters. The van der Waals surface area contributed by atoms with E-state index in [4.69, 9.17) is 11.6 Å². The largest absolute Gasteiger partial charge is 0.365 e. The Hall–Kier alpha value is -1.87. The number of carbonyl (C=O) groups is 1. The molecule has 132 valence electrons. The SMILES string of the molecule is Cn1nc(CNC(=O)COCC(F)(F)C(F)F)c2c(Cl)cccc21. The molecule has 1 aromatic heterocycles. The van der Waals surface area contributed by atoms with Gasteiger partial charge < -0.3 is 10.1 Å². The topological polar surface area (TPSA) is 56.2 Å². The monoisotopic (exact) mass is 367 g/mol. The van der Waals surface area contributed by atoms with Gasteiger partial charge in [0, 0.05) is 12.4 Å². The molecule has 1 aromatic carbocycles. The second-order valence-corrected chi connectivity index (χ2v) is 5.44. The van der Waals surface area contributed by atoms with E-state index in [1.54, 1.807) is 29.9 Å². The van der Waals surface area contributed by atoms with Crippen LogP contribution in [-0.2, 0) is 23.1 Å². The molecule has 0 saturated heterocycles. The van der Waals surface area contributed by atoms with Gasteiger partial charge in [-0.3, -0.25) is 9.48 Å². The van der Waals surface area contributed by atoms with Crippen molar-refractivity contribution in [2.45, 2.75) is 18.9 Å². The third-order valence-corrected chi connectivity index (χ3v) is 3.51. The molecule has 0 radical (unpaired) electrons. The van der Waals surface area contributed by atoms with E-state index in [1.807, 2.05) is 0 Å². The third-order valence-electron chi connectivity index (χ3n) is 3.20. The van der Waals surface area contributed by atoms with Crippen molar-refractivity contribution in [2.24, 2.45) is 7.05 Å². The van der Waals surface area contributed by atoms with E-state index < -0.39 is 31.5 Å². The van der Waals surface area contributed by atoms with Gasteiger partial charge in [0.1, 0.15) is 13.2 Å². The summed E-state index contributed by atoms with van der Waals surface area (Å²) in [7, 11) is 1.71. The van der Waals surface area contributed by atoms with Crippen molar-refractivity contribution in [3.05, 3.63) is 28.9 Å². The number of aryl methyl sites for hydroxylation is 1. The number of rotatable bonds is 7. The lowest BCUT2D eigenvalue weighted by atomic mass is 10.2. The summed E-state index contributed by atoms with van der Waals surface area (Å²) in [6, 6.07) is 5.23.